The quantitative estimate of drug-likeness (QED) is 0.606. The van der Waals surface area contributed by atoms with Gasteiger partial charge in [-0.3, -0.25) is 9.20 Å². The van der Waals surface area contributed by atoms with Gasteiger partial charge in [-0.2, -0.15) is 4.98 Å². The fourth-order valence-corrected chi connectivity index (χ4v) is 3.73. The van der Waals surface area contributed by atoms with Crippen LogP contribution in [0.5, 0.6) is 0 Å². The third-order valence-corrected chi connectivity index (χ3v) is 4.98. The first-order valence-electron chi connectivity index (χ1n) is 8.78. The van der Waals surface area contributed by atoms with Crippen LogP contribution in [0, 0.1) is 5.82 Å². The molecule has 5 nitrogen and oxygen atoms in total. The number of imidazole rings is 1. The molecule has 1 N–H and O–H groups in total. The van der Waals surface area contributed by atoms with Crippen LogP contribution in [0.1, 0.15) is 21.6 Å². The largest absolute Gasteiger partial charge is 0.432 e. The molecular formula is C21H16FN3O2. The molecule has 1 aliphatic rings. The number of hydrogen-bond acceptors (Lipinski definition) is 3. The molecular weight excluding hydrogens is 345 g/mol. The summed E-state index contributed by atoms with van der Waals surface area (Å²) < 4.78 is 20.3. The second kappa shape index (κ2) is 6.09. The van der Waals surface area contributed by atoms with Crippen LogP contribution in [-0.2, 0) is 12.8 Å². The summed E-state index contributed by atoms with van der Waals surface area (Å²) in [6.07, 6.45) is 4.76. The van der Waals surface area contributed by atoms with E-state index in [-0.39, 0.29) is 17.8 Å². The van der Waals surface area contributed by atoms with Crippen LogP contribution in [0.2, 0.25) is 0 Å². The Labute approximate surface area is 154 Å². The number of rotatable bonds is 3. The lowest BCUT2D eigenvalue weighted by Crippen LogP contribution is -2.36. The van der Waals surface area contributed by atoms with Crippen LogP contribution < -0.4 is 5.32 Å². The Morgan fingerprint density at radius 1 is 1.11 bits per heavy atom. The van der Waals surface area contributed by atoms with Crippen molar-refractivity contribution in [3.63, 3.8) is 0 Å². The summed E-state index contributed by atoms with van der Waals surface area (Å²) >= 11 is 0. The van der Waals surface area contributed by atoms with E-state index in [1.165, 1.54) is 29.5 Å². The monoisotopic (exact) mass is 361 g/mol. The molecule has 0 fully saturated rings. The van der Waals surface area contributed by atoms with E-state index in [0.717, 1.165) is 12.8 Å². The smallest absolute Gasteiger partial charge is 0.306 e. The van der Waals surface area contributed by atoms with Crippen molar-refractivity contribution in [2.75, 3.05) is 0 Å². The number of hydrogen-bond donors (Lipinski definition) is 1. The number of aromatic nitrogens is 2. The molecule has 5 rings (SSSR count). The Morgan fingerprint density at radius 2 is 1.81 bits per heavy atom. The molecule has 0 radical (unpaired) electrons. The molecule has 0 unspecified atom stereocenters. The van der Waals surface area contributed by atoms with Crippen molar-refractivity contribution >= 4 is 11.8 Å². The summed E-state index contributed by atoms with van der Waals surface area (Å²) in [5.41, 5.74) is 4.06. The van der Waals surface area contributed by atoms with Gasteiger partial charge in [-0.05, 0) is 48.2 Å². The zero-order chi connectivity index (χ0) is 18.4. The van der Waals surface area contributed by atoms with Crippen LogP contribution >= 0.6 is 0 Å². The summed E-state index contributed by atoms with van der Waals surface area (Å²) in [4.78, 5) is 17.5. The Morgan fingerprint density at radius 3 is 2.52 bits per heavy atom. The average molecular weight is 361 g/mol. The minimum atomic E-state index is -0.337. The summed E-state index contributed by atoms with van der Waals surface area (Å²) in [7, 11) is 0. The van der Waals surface area contributed by atoms with Crippen LogP contribution in [0.4, 0.5) is 4.39 Å². The Balaban J connectivity index is 1.49. The number of nitrogens with zero attached hydrogens (tertiary/aromatic N) is 2. The topological polar surface area (TPSA) is 59.5 Å². The van der Waals surface area contributed by atoms with Gasteiger partial charge in [0.25, 0.3) is 5.91 Å². The number of carbonyl (C=O) groups is 1. The summed E-state index contributed by atoms with van der Waals surface area (Å²) in [6, 6.07) is 14.2. The molecule has 1 aliphatic carbocycles. The highest BCUT2D eigenvalue weighted by molar-refractivity contribution is 5.99. The van der Waals surface area contributed by atoms with E-state index in [4.69, 9.17) is 4.42 Å². The normalized spacial score (nSPS) is 13.8. The molecule has 0 bridgehead atoms. The highest BCUT2D eigenvalue weighted by atomic mass is 19.1. The van der Waals surface area contributed by atoms with E-state index in [1.54, 1.807) is 22.7 Å². The molecule has 1 amide bonds. The van der Waals surface area contributed by atoms with Crippen molar-refractivity contribution in [2.24, 2.45) is 0 Å². The first-order chi connectivity index (χ1) is 13.2. The second-order valence-corrected chi connectivity index (χ2v) is 6.72. The van der Waals surface area contributed by atoms with Gasteiger partial charge in [0.05, 0.1) is 0 Å². The molecule has 6 heteroatoms. The van der Waals surface area contributed by atoms with E-state index >= 15 is 0 Å². The SMILES string of the molecule is O=C(NC1Cc2ccccc2C1)c1c(-c2ccc(F)cc2)nc2occn12. The second-order valence-electron chi connectivity index (χ2n) is 6.72. The first kappa shape index (κ1) is 15.8. The lowest BCUT2D eigenvalue weighted by atomic mass is 10.1. The molecule has 2 aromatic carbocycles. The van der Waals surface area contributed by atoms with E-state index in [1.807, 2.05) is 12.1 Å². The molecule has 134 valence electrons. The van der Waals surface area contributed by atoms with Gasteiger partial charge in [0.15, 0.2) is 0 Å². The van der Waals surface area contributed by atoms with Crippen molar-refractivity contribution in [1.29, 1.82) is 0 Å². The maximum absolute atomic E-state index is 13.3. The number of oxazole rings is 1. The third kappa shape index (κ3) is 2.70. The highest BCUT2D eigenvalue weighted by Gasteiger charge is 2.27. The van der Waals surface area contributed by atoms with Gasteiger partial charge in [0, 0.05) is 17.8 Å². The van der Waals surface area contributed by atoms with Crippen molar-refractivity contribution in [3.8, 4) is 11.3 Å². The number of nitrogens with one attached hydrogen (secondary N) is 1. The fraction of sp³-hybridized carbons (Fsp3) is 0.143. The zero-order valence-corrected chi connectivity index (χ0v) is 14.4. The van der Waals surface area contributed by atoms with Gasteiger partial charge >= 0.3 is 5.84 Å². The number of halogens is 1. The average Bonchev–Trinajstić information content (AvgIpc) is 3.35. The Hall–Kier alpha value is -3.41. The van der Waals surface area contributed by atoms with Crippen LogP contribution in [0.25, 0.3) is 17.1 Å². The van der Waals surface area contributed by atoms with Crippen molar-refractivity contribution in [1.82, 2.24) is 14.7 Å². The predicted octanol–water partition coefficient (Wildman–Crippen LogP) is 3.63. The standard InChI is InChI=1S/C21H16FN3O2/c22-16-7-5-13(6-8-16)18-19(25-9-10-27-21(25)24-18)20(26)23-17-11-14-3-1-2-4-15(14)12-17/h1-10,17H,11-12H2,(H,23,26). The number of fused-ring (bicyclic) bond motifs is 2. The van der Waals surface area contributed by atoms with E-state index in [0.29, 0.717) is 22.8 Å². The van der Waals surface area contributed by atoms with Gasteiger partial charge in [-0.25, -0.2) is 4.39 Å². The molecule has 0 atom stereocenters. The number of carbonyl (C=O) groups excluding carboxylic acids is 1. The molecule has 27 heavy (non-hydrogen) atoms. The molecule has 0 spiro atoms. The molecule has 2 heterocycles. The van der Waals surface area contributed by atoms with Gasteiger partial charge in [0.2, 0.25) is 0 Å². The summed E-state index contributed by atoms with van der Waals surface area (Å²) in [6.45, 7) is 0. The van der Waals surface area contributed by atoms with Crippen molar-refractivity contribution < 1.29 is 13.6 Å². The highest BCUT2D eigenvalue weighted by Crippen LogP contribution is 2.27. The third-order valence-electron chi connectivity index (χ3n) is 4.98. The lowest BCUT2D eigenvalue weighted by molar-refractivity contribution is 0.0933. The van der Waals surface area contributed by atoms with Gasteiger partial charge < -0.3 is 9.73 Å². The summed E-state index contributed by atoms with van der Waals surface area (Å²) in [5.74, 6) is -0.230. The molecule has 0 saturated heterocycles. The Kier molecular flexibility index (Phi) is 3.57. The van der Waals surface area contributed by atoms with Gasteiger partial charge in [-0.15, -0.1) is 0 Å². The fourth-order valence-electron chi connectivity index (χ4n) is 3.73. The van der Waals surface area contributed by atoms with Gasteiger partial charge in [-0.1, -0.05) is 24.3 Å². The molecule has 4 aromatic rings. The zero-order valence-electron chi connectivity index (χ0n) is 14.4. The maximum Gasteiger partial charge on any atom is 0.306 e. The maximum atomic E-state index is 13.3. The number of amides is 1. The first-order valence-corrected chi connectivity index (χ1v) is 8.78. The van der Waals surface area contributed by atoms with E-state index in [2.05, 4.69) is 22.4 Å². The molecule has 0 saturated carbocycles. The minimum Gasteiger partial charge on any atom is -0.432 e. The Bertz CT molecular complexity index is 1120. The predicted molar refractivity (Wildman–Crippen MR) is 98.0 cm³/mol. The summed E-state index contributed by atoms with van der Waals surface area (Å²) in [5, 5.41) is 3.12. The molecule has 2 aromatic heterocycles. The van der Waals surface area contributed by atoms with Crippen molar-refractivity contribution in [3.05, 3.63) is 83.6 Å². The minimum absolute atomic E-state index is 0.0356. The van der Waals surface area contributed by atoms with Crippen LogP contribution in [0.15, 0.2) is 65.4 Å². The lowest BCUT2D eigenvalue weighted by Gasteiger charge is -2.12. The van der Waals surface area contributed by atoms with Crippen LogP contribution in [0.3, 0.4) is 0 Å². The van der Waals surface area contributed by atoms with Crippen LogP contribution in [-0.4, -0.2) is 21.3 Å². The van der Waals surface area contributed by atoms with Gasteiger partial charge in [0.1, 0.15) is 23.5 Å². The molecule has 0 aliphatic heterocycles. The van der Waals surface area contributed by atoms with E-state index in [9.17, 15) is 9.18 Å². The van der Waals surface area contributed by atoms with Crippen molar-refractivity contribution in [2.45, 2.75) is 18.9 Å². The number of benzene rings is 2. The van der Waals surface area contributed by atoms with E-state index < -0.39 is 0 Å².